The van der Waals surface area contributed by atoms with Gasteiger partial charge in [-0.25, -0.2) is 0 Å². The fourth-order valence-corrected chi connectivity index (χ4v) is 2.27. The first-order valence-electron chi connectivity index (χ1n) is 4.59. The smallest absolute Gasteiger partial charge is 0.118 e. The molecule has 0 aliphatic heterocycles. The second kappa shape index (κ2) is 3.59. The highest BCUT2D eigenvalue weighted by Gasteiger charge is 2.23. The van der Waals surface area contributed by atoms with E-state index in [-0.39, 0.29) is 0 Å². The molecular formula is C11H13ClO. The highest BCUT2D eigenvalue weighted by Crippen LogP contribution is 2.38. The fourth-order valence-electron chi connectivity index (χ4n) is 2.00. The molecule has 0 heterocycles. The third-order valence-corrected chi connectivity index (χ3v) is 3.01. The monoisotopic (exact) mass is 196 g/mol. The van der Waals surface area contributed by atoms with Crippen molar-refractivity contribution < 1.29 is 4.74 Å². The van der Waals surface area contributed by atoms with Gasteiger partial charge in [-0.3, -0.25) is 0 Å². The predicted octanol–water partition coefficient (Wildman–Crippen LogP) is 3.38. The van der Waals surface area contributed by atoms with Gasteiger partial charge in [0.1, 0.15) is 5.76 Å². The molecule has 1 atom stereocenters. The maximum absolute atomic E-state index is 6.00. The van der Waals surface area contributed by atoms with Gasteiger partial charge in [0.05, 0.1) is 7.11 Å². The lowest BCUT2D eigenvalue weighted by atomic mass is 9.82. The summed E-state index contributed by atoms with van der Waals surface area (Å²) in [4.78, 5) is 0. The van der Waals surface area contributed by atoms with Gasteiger partial charge in [0.2, 0.25) is 0 Å². The Bertz CT molecular complexity index is 299. The van der Waals surface area contributed by atoms with Crippen molar-refractivity contribution in [3.8, 4) is 0 Å². The largest absolute Gasteiger partial charge is 0.497 e. The third kappa shape index (κ3) is 1.66. The van der Waals surface area contributed by atoms with Crippen LogP contribution in [-0.4, -0.2) is 7.11 Å². The Morgan fingerprint density at radius 1 is 1.54 bits per heavy atom. The van der Waals surface area contributed by atoms with Gasteiger partial charge in [-0.1, -0.05) is 23.8 Å². The van der Waals surface area contributed by atoms with Gasteiger partial charge in [-0.15, -0.1) is 0 Å². The lowest BCUT2D eigenvalue weighted by molar-refractivity contribution is 0.291. The summed E-state index contributed by atoms with van der Waals surface area (Å²) in [7, 11) is 1.73. The molecule has 0 spiro atoms. The molecule has 70 valence electrons. The number of ether oxygens (including phenoxy) is 1. The van der Waals surface area contributed by atoms with E-state index in [0.29, 0.717) is 5.92 Å². The minimum absolute atomic E-state index is 0.581. The molecule has 0 N–H and O–H groups in total. The van der Waals surface area contributed by atoms with Crippen molar-refractivity contribution in [1.29, 1.82) is 0 Å². The quantitative estimate of drug-likeness (QED) is 0.625. The Balaban J connectivity index is 2.30. The molecule has 0 radical (unpaired) electrons. The van der Waals surface area contributed by atoms with Gasteiger partial charge in [0.25, 0.3) is 0 Å². The average molecular weight is 197 g/mol. The van der Waals surface area contributed by atoms with Gasteiger partial charge >= 0.3 is 0 Å². The molecule has 0 fully saturated rings. The Kier molecular flexibility index (Phi) is 2.45. The van der Waals surface area contributed by atoms with Gasteiger partial charge in [-0.05, 0) is 36.8 Å². The van der Waals surface area contributed by atoms with Crippen LogP contribution in [0.1, 0.15) is 19.3 Å². The highest BCUT2D eigenvalue weighted by molar-refractivity contribution is 6.29. The van der Waals surface area contributed by atoms with E-state index in [0.717, 1.165) is 30.1 Å². The van der Waals surface area contributed by atoms with E-state index >= 15 is 0 Å². The topological polar surface area (TPSA) is 9.23 Å². The normalized spacial score (nSPS) is 26.9. The number of halogens is 1. The van der Waals surface area contributed by atoms with E-state index in [4.69, 9.17) is 16.3 Å². The molecule has 0 saturated carbocycles. The van der Waals surface area contributed by atoms with Crippen LogP contribution in [0.3, 0.4) is 0 Å². The Morgan fingerprint density at radius 2 is 2.38 bits per heavy atom. The van der Waals surface area contributed by atoms with Gasteiger partial charge in [0.15, 0.2) is 0 Å². The summed E-state index contributed by atoms with van der Waals surface area (Å²) < 4.78 is 5.32. The molecule has 1 unspecified atom stereocenters. The van der Waals surface area contributed by atoms with Crippen LogP contribution in [0, 0.1) is 5.92 Å². The molecule has 0 amide bonds. The molecule has 0 bridgehead atoms. The van der Waals surface area contributed by atoms with Gasteiger partial charge in [0, 0.05) is 5.03 Å². The van der Waals surface area contributed by atoms with Crippen molar-refractivity contribution in [2.45, 2.75) is 19.3 Å². The first-order chi connectivity index (χ1) is 6.31. The zero-order chi connectivity index (χ0) is 9.26. The number of fused-ring (bicyclic) bond motifs is 1. The summed E-state index contributed by atoms with van der Waals surface area (Å²) in [5.74, 6) is 1.62. The summed E-state index contributed by atoms with van der Waals surface area (Å²) in [6.07, 6.45) is 9.37. The molecular weight excluding hydrogens is 184 g/mol. The van der Waals surface area contributed by atoms with E-state index in [9.17, 15) is 0 Å². The molecule has 2 aliphatic rings. The molecule has 2 heteroatoms. The fraction of sp³-hybridized carbons (Fsp3) is 0.455. The van der Waals surface area contributed by atoms with Crippen LogP contribution in [0.15, 0.2) is 34.6 Å². The number of hydrogen-bond donors (Lipinski definition) is 0. The minimum atomic E-state index is 0.581. The molecule has 1 nitrogen and oxygen atoms in total. The summed E-state index contributed by atoms with van der Waals surface area (Å²) in [5, 5.41) is 1.000. The molecule has 13 heavy (non-hydrogen) atoms. The molecule has 2 rings (SSSR count). The maximum Gasteiger partial charge on any atom is 0.118 e. The van der Waals surface area contributed by atoms with Gasteiger partial charge in [-0.2, -0.15) is 0 Å². The first-order valence-corrected chi connectivity index (χ1v) is 4.97. The SMILES string of the molecule is COC1=C2CC=C(Cl)CC2CC=C1. The van der Waals surface area contributed by atoms with Crippen LogP contribution < -0.4 is 0 Å². The third-order valence-electron chi connectivity index (χ3n) is 2.70. The van der Waals surface area contributed by atoms with Crippen LogP contribution in [0.2, 0.25) is 0 Å². The predicted molar refractivity (Wildman–Crippen MR) is 54.5 cm³/mol. The van der Waals surface area contributed by atoms with Crippen molar-refractivity contribution in [1.82, 2.24) is 0 Å². The van der Waals surface area contributed by atoms with Crippen molar-refractivity contribution >= 4 is 11.6 Å². The number of methoxy groups -OCH3 is 1. The number of rotatable bonds is 1. The Hall–Kier alpha value is -0.690. The van der Waals surface area contributed by atoms with E-state index in [1.54, 1.807) is 7.11 Å². The lowest BCUT2D eigenvalue weighted by Gasteiger charge is -2.26. The van der Waals surface area contributed by atoms with Crippen LogP contribution in [0.5, 0.6) is 0 Å². The van der Waals surface area contributed by atoms with E-state index in [1.807, 2.05) is 0 Å². The van der Waals surface area contributed by atoms with Crippen LogP contribution >= 0.6 is 11.6 Å². The van der Waals surface area contributed by atoms with E-state index in [1.165, 1.54) is 5.57 Å². The average Bonchev–Trinajstić information content (AvgIpc) is 2.16. The number of allylic oxidation sites excluding steroid dienone is 5. The second-order valence-electron chi connectivity index (χ2n) is 3.49. The Morgan fingerprint density at radius 3 is 3.15 bits per heavy atom. The summed E-state index contributed by atoms with van der Waals surface area (Å²) >= 11 is 6.00. The van der Waals surface area contributed by atoms with Crippen molar-refractivity contribution in [2.24, 2.45) is 5.92 Å². The van der Waals surface area contributed by atoms with Gasteiger partial charge < -0.3 is 4.74 Å². The van der Waals surface area contributed by atoms with Crippen molar-refractivity contribution in [3.63, 3.8) is 0 Å². The zero-order valence-corrected chi connectivity index (χ0v) is 8.47. The summed E-state index contributed by atoms with van der Waals surface area (Å²) in [5.41, 5.74) is 1.41. The first kappa shape index (κ1) is 8.89. The summed E-state index contributed by atoms with van der Waals surface area (Å²) in [6.45, 7) is 0. The standard InChI is InChI=1S/C11H13ClO/c1-13-11-4-2-3-8-7-9(12)5-6-10(8)11/h2,4-5,8H,3,6-7H2,1H3. The van der Waals surface area contributed by atoms with Crippen molar-refractivity contribution in [2.75, 3.05) is 7.11 Å². The van der Waals surface area contributed by atoms with Crippen molar-refractivity contribution in [3.05, 3.63) is 34.6 Å². The summed E-state index contributed by atoms with van der Waals surface area (Å²) in [6, 6.07) is 0. The Labute approximate surface area is 83.7 Å². The molecule has 0 aromatic carbocycles. The second-order valence-corrected chi connectivity index (χ2v) is 3.97. The van der Waals surface area contributed by atoms with Crippen LogP contribution in [-0.2, 0) is 4.74 Å². The highest BCUT2D eigenvalue weighted by atomic mass is 35.5. The molecule has 0 aromatic rings. The van der Waals surface area contributed by atoms with E-state index < -0.39 is 0 Å². The minimum Gasteiger partial charge on any atom is -0.497 e. The van der Waals surface area contributed by atoms with E-state index in [2.05, 4.69) is 18.2 Å². The van der Waals surface area contributed by atoms with Crippen LogP contribution in [0.4, 0.5) is 0 Å². The maximum atomic E-state index is 6.00. The number of hydrogen-bond acceptors (Lipinski definition) is 1. The molecule has 2 aliphatic carbocycles. The lowest BCUT2D eigenvalue weighted by Crippen LogP contribution is -2.13. The zero-order valence-electron chi connectivity index (χ0n) is 7.72. The molecule has 0 saturated heterocycles. The molecule has 0 aromatic heterocycles. The van der Waals surface area contributed by atoms with Crippen LogP contribution in [0.25, 0.3) is 0 Å².